The highest BCUT2D eigenvalue weighted by atomic mass is 16.5. The normalized spacial score (nSPS) is 15.8. The third kappa shape index (κ3) is 3.89. The number of nitrogens with one attached hydrogen (secondary N) is 1. The monoisotopic (exact) mass is 452 g/mol. The van der Waals surface area contributed by atoms with E-state index in [-0.39, 0.29) is 0 Å². The quantitative estimate of drug-likeness (QED) is 0.344. The lowest BCUT2D eigenvalue weighted by atomic mass is 9.92. The van der Waals surface area contributed by atoms with E-state index in [0.29, 0.717) is 24.3 Å². The molecule has 2 saturated carbocycles. The molecule has 0 bridgehead atoms. The SMILES string of the molecule is Nc1c(-c2ccc(NC(=O)OCC3CC3)cc2)n(C2CCC2)c2cc(-c3ccccn3)ccc12. The molecule has 6 nitrogen and oxygen atoms in total. The summed E-state index contributed by atoms with van der Waals surface area (Å²) in [7, 11) is 0. The third-order valence-corrected chi connectivity index (χ3v) is 7.00. The third-order valence-electron chi connectivity index (χ3n) is 7.00. The molecule has 4 aromatic rings. The fraction of sp³-hybridized carbons (Fsp3) is 0.286. The van der Waals surface area contributed by atoms with Crippen LogP contribution in [0.1, 0.15) is 38.1 Å². The Bertz CT molecular complexity index is 1340. The van der Waals surface area contributed by atoms with E-state index >= 15 is 0 Å². The maximum atomic E-state index is 12.0. The Hall–Kier alpha value is -3.80. The van der Waals surface area contributed by atoms with Crippen molar-refractivity contribution in [3.63, 3.8) is 0 Å². The fourth-order valence-electron chi connectivity index (χ4n) is 4.69. The standard InChI is InChI=1S/C28H28N4O2/c29-26-23-14-11-20(24-6-1-2-15-30-24)16-25(23)32(22-4-3-5-22)27(26)19-9-12-21(13-10-19)31-28(33)34-17-18-7-8-18/h1-2,6,9-16,18,22H,3-5,7-8,17,29H2,(H,31,33). The van der Waals surface area contributed by atoms with Crippen LogP contribution in [0.2, 0.25) is 0 Å². The van der Waals surface area contributed by atoms with Crippen LogP contribution >= 0.6 is 0 Å². The number of hydrogen-bond donors (Lipinski definition) is 2. The van der Waals surface area contributed by atoms with E-state index in [1.54, 1.807) is 0 Å². The Morgan fingerprint density at radius 3 is 2.50 bits per heavy atom. The van der Waals surface area contributed by atoms with Gasteiger partial charge in [0.2, 0.25) is 0 Å². The van der Waals surface area contributed by atoms with Crippen molar-refractivity contribution in [2.24, 2.45) is 5.92 Å². The molecule has 3 N–H and O–H groups in total. The van der Waals surface area contributed by atoms with Crippen LogP contribution in [-0.2, 0) is 4.74 Å². The number of hydrogen-bond acceptors (Lipinski definition) is 4. The second-order valence-corrected chi connectivity index (χ2v) is 9.41. The van der Waals surface area contributed by atoms with Crippen molar-refractivity contribution in [1.29, 1.82) is 0 Å². The van der Waals surface area contributed by atoms with Crippen molar-refractivity contribution in [2.75, 3.05) is 17.7 Å². The van der Waals surface area contributed by atoms with Crippen LogP contribution in [0.25, 0.3) is 33.4 Å². The average Bonchev–Trinajstić information content (AvgIpc) is 3.63. The van der Waals surface area contributed by atoms with Crippen LogP contribution in [0.3, 0.4) is 0 Å². The van der Waals surface area contributed by atoms with Crippen LogP contribution in [0.5, 0.6) is 0 Å². The molecular formula is C28H28N4O2. The summed E-state index contributed by atoms with van der Waals surface area (Å²) in [4.78, 5) is 16.6. The first-order valence-corrected chi connectivity index (χ1v) is 12.1. The van der Waals surface area contributed by atoms with Crippen molar-refractivity contribution in [3.8, 4) is 22.5 Å². The number of nitrogen functional groups attached to an aromatic ring is 1. The lowest BCUT2D eigenvalue weighted by Gasteiger charge is -2.30. The van der Waals surface area contributed by atoms with Gasteiger partial charge in [-0.1, -0.05) is 30.3 Å². The van der Waals surface area contributed by atoms with Crippen molar-refractivity contribution >= 4 is 28.4 Å². The minimum atomic E-state index is -0.398. The van der Waals surface area contributed by atoms with Gasteiger partial charge in [0.25, 0.3) is 0 Å². The van der Waals surface area contributed by atoms with E-state index < -0.39 is 6.09 Å². The molecule has 2 aliphatic rings. The van der Waals surface area contributed by atoms with Gasteiger partial charge in [-0.15, -0.1) is 0 Å². The Morgan fingerprint density at radius 2 is 1.82 bits per heavy atom. The van der Waals surface area contributed by atoms with Gasteiger partial charge in [0.15, 0.2) is 0 Å². The lowest BCUT2D eigenvalue weighted by molar-refractivity contribution is 0.156. The summed E-state index contributed by atoms with van der Waals surface area (Å²) in [6.07, 6.45) is 7.26. The number of fused-ring (bicyclic) bond motifs is 1. The van der Waals surface area contributed by atoms with Crippen LogP contribution in [0.4, 0.5) is 16.2 Å². The van der Waals surface area contributed by atoms with Crippen LogP contribution in [0, 0.1) is 5.92 Å². The zero-order valence-corrected chi connectivity index (χ0v) is 19.0. The number of carbonyl (C=O) groups excluding carboxylic acids is 1. The number of amides is 1. The van der Waals surface area contributed by atoms with E-state index in [9.17, 15) is 4.79 Å². The molecule has 2 heterocycles. The number of rotatable bonds is 6. The van der Waals surface area contributed by atoms with Gasteiger partial charge < -0.3 is 15.0 Å². The lowest BCUT2D eigenvalue weighted by Crippen LogP contribution is -2.18. The van der Waals surface area contributed by atoms with E-state index in [1.807, 2.05) is 48.7 Å². The zero-order valence-electron chi connectivity index (χ0n) is 19.0. The Morgan fingerprint density at radius 1 is 1.03 bits per heavy atom. The fourth-order valence-corrected chi connectivity index (χ4v) is 4.69. The van der Waals surface area contributed by atoms with Gasteiger partial charge in [0, 0.05) is 34.4 Å². The molecule has 0 atom stereocenters. The first-order valence-electron chi connectivity index (χ1n) is 12.1. The van der Waals surface area contributed by atoms with Crippen LogP contribution in [-0.4, -0.2) is 22.3 Å². The Kier molecular flexibility index (Phi) is 5.21. The van der Waals surface area contributed by atoms with Crippen molar-refractivity contribution in [2.45, 2.75) is 38.1 Å². The van der Waals surface area contributed by atoms with Gasteiger partial charge in [-0.2, -0.15) is 0 Å². The van der Waals surface area contributed by atoms with E-state index in [0.717, 1.165) is 64.8 Å². The van der Waals surface area contributed by atoms with Gasteiger partial charge in [-0.3, -0.25) is 10.3 Å². The molecule has 0 spiro atoms. The minimum Gasteiger partial charge on any atom is -0.449 e. The molecule has 34 heavy (non-hydrogen) atoms. The van der Waals surface area contributed by atoms with Crippen molar-refractivity contribution in [1.82, 2.24) is 9.55 Å². The molecule has 6 rings (SSSR count). The van der Waals surface area contributed by atoms with Crippen molar-refractivity contribution < 1.29 is 9.53 Å². The molecule has 2 aromatic carbocycles. The summed E-state index contributed by atoms with van der Waals surface area (Å²) in [5, 5.41) is 3.89. The Labute approximate surface area is 198 Å². The maximum absolute atomic E-state index is 12.0. The van der Waals surface area contributed by atoms with Gasteiger partial charge in [-0.05, 0) is 68.4 Å². The second-order valence-electron chi connectivity index (χ2n) is 9.41. The molecule has 0 saturated heterocycles. The number of nitrogens with zero attached hydrogens (tertiary/aromatic N) is 2. The highest BCUT2D eigenvalue weighted by Gasteiger charge is 2.27. The summed E-state index contributed by atoms with van der Waals surface area (Å²) in [5.41, 5.74) is 13.5. The average molecular weight is 453 g/mol. The van der Waals surface area contributed by atoms with E-state index in [4.69, 9.17) is 10.5 Å². The molecule has 172 valence electrons. The summed E-state index contributed by atoms with van der Waals surface area (Å²) in [6, 6.07) is 20.7. The molecule has 0 aliphatic heterocycles. The molecule has 2 aromatic heterocycles. The number of nitrogens with two attached hydrogens (primary N) is 1. The van der Waals surface area contributed by atoms with E-state index in [1.165, 1.54) is 6.42 Å². The summed E-state index contributed by atoms with van der Waals surface area (Å²) < 4.78 is 7.69. The zero-order chi connectivity index (χ0) is 23.1. The van der Waals surface area contributed by atoms with Gasteiger partial charge in [0.05, 0.1) is 29.2 Å². The van der Waals surface area contributed by atoms with Gasteiger partial charge in [-0.25, -0.2) is 4.79 Å². The highest BCUT2D eigenvalue weighted by Crippen LogP contribution is 2.45. The smallest absolute Gasteiger partial charge is 0.411 e. The van der Waals surface area contributed by atoms with Crippen LogP contribution in [0.15, 0.2) is 66.9 Å². The predicted octanol–water partition coefficient (Wildman–Crippen LogP) is 6.64. The summed E-state index contributed by atoms with van der Waals surface area (Å²) in [6.45, 7) is 0.502. The second kappa shape index (κ2) is 8.52. The molecule has 1 amide bonds. The summed E-state index contributed by atoms with van der Waals surface area (Å²) >= 11 is 0. The number of pyridine rings is 1. The number of benzene rings is 2. The predicted molar refractivity (Wildman–Crippen MR) is 136 cm³/mol. The van der Waals surface area contributed by atoms with Crippen LogP contribution < -0.4 is 11.1 Å². The number of aromatic nitrogens is 2. The Balaban J connectivity index is 1.35. The first-order chi connectivity index (χ1) is 16.7. The van der Waals surface area contributed by atoms with Crippen molar-refractivity contribution in [3.05, 3.63) is 66.9 Å². The number of ether oxygens (including phenoxy) is 1. The molecule has 2 fully saturated rings. The minimum absolute atomic E-state index is 0.398. The number of carbonyl (C=O) groups is 1. The first kappa shape index (κ1) is 20.8. The molecule has 0 radical (unpaired) electrons. The number of anilines is 2. The highest BCUT2D eigenvalue weighted by molar-refractivity contribution is 6.02. The molecule has 0 unspecified atom stereocenters. The molecule has 6 heteroatoms. The van der Waals surface area contributed by atoms with Gasteiger partial charge >= 0.3 is 6.09 Å². The molecule has 2 aliphatic carbocycles. The largest absolute Gasteiger partial charge is 0.449 e. The maximum Gasteiger partial charge on any atom is 0.411 e. The van der Waals surface area contributed by atoms with E-state index in [2.05, 4.69) is 33.1 Å². The molecular weight excluding hydrogens is 424 g/mol. The summed E-state index contributed by atoms with van der Waals surface area (Å²) in [5.74, 6) is 0.544. The topological polar surface area (TPSA) is 82.2 Å². The van der Waals surface area contributed by atoms with Gasteiger partial charge in [0.1, 0.15) is 0 Å².